The minimum atomic E-state index is 0.0306. The molecule has 5 heteroatoms. The van der Waals surface area contributed by atoms with E-state index in [1.807, 2.05) is 30.6 Å². The molecule has 0 unspecified atom stereocenters. The summed E-state index contributed by atoms with van der Waals surface area (Å²) in [5.74, 6) is 0.910. The van der Waals surface area contributed by atoms with Crippen LogP contribution in [0.15, 0.2) is 42.7 Å². The molecule has 1 aliphatic rings. The molecule has 1 fully saturated rings. The maximum atomic E-state index is 12.3. The zero-order valence-electron chi connectivity index (χ0n) is 14.8. The van der Waals surface area contributed by atoms with E-state index >= 15 is 0 Å². The van der Waals surface area contributed by atoms with Crippen LogP contribution in [0.25, 0.3) is 11.1 Å². The van der Waals surface area contributed by atoms with Gasteiger partial charge in [-0.3, -0.25) is 4.79 Å². The number of nitrogens with one attached hydrogen (secondary N) is 1. The molecule has 0 bridgehead atoms. The summed E-state index contributed by atoms with van der Waals surface area (Å²) in [6, 6.07) is 10.1. The van der Waals surface area contributed by atoms with Crippen molar-refractivity contribution in [2.45, 2.75) is 32.6 Å². The molecule has 0 spiro atoms. The predicted molar refractivity (Wildman–Crippen MR) is 100 cm³/mol. The predicted octanol–water partition coefficient (Wildman–Crippen LogP) is 3.28. The van der Waals surface area contributed by atoms with E-state index in [1.54, 1.807) is 0 Å². The molecule has 1 saturated heterocycles. The van der Waals surface area contributed by atoms with Gasteiger partial charge in [-0.25, -0.2) is 9.97 Å². The second kappa shape index (κ2) is 8.60. The minimum absolute atomic E-state index is 0.0306. The van der Waals surface area contributed by atoms with Crippen LogP contribution in [-0.2, 0) is 4.79 Å². The van der Waals surface area contributed by atoms with E-state index < -0.39 is 0 Å². The van der Waals surface area contributed by atoms with E-state index in [0.29, 0.717) is 12.5 Å². The molecule has 0 radical (unpaired) electrons. The smallest absolute Gasteiger partial charge is 0.225 e. The fraction of sp³-hybridized carbons (Fsp3) is 0.450. The van der Waals surface area contributed by atoms with Crippen LogP contribution in [0.5, 0.6) is 0 Å². The number of nitrogens with zero attached hydrogens (tertiary/aromatic N) is 3. The van der Waals surface area contributed by atoms with Crippen LogP contribution in [-0.4, -0.2) is 35.5 Å². The summed E-state index contributed by atoms with van der Waals surface area (Å²) < 4.78 is 0. The van der Waals surface area contributed by atoms with Gasteiger partial charge in [0, 0.05) is 37.6 Å². The number of piperidine rings is 1. The Morgan fingerprint density at radius 3 is 2.68 bits per heavy atom. The van der Waals surface area contributed by atoms with Gasteiger partial charge in [0.1, 0.15) is 0 Å². The van der Waals surface area contributed by atoms with Crippen LogP contribution < -0.4 is 10.2 Å². The van der Waals surface area contributed by atoms with E-state index in [4.69, 9.17) is 0 Å². The second-order valence-corrected chi connectivity index (χ2v) is 6.57. The molecule has 1 aromatic heterocycles. The lowest BCUT2D eigenvalue weighted by atomic mass is 9.97. The highest BCUT2D eigenvalue weighted by Gasteiger charge is 2.26. The average molecular weight is 338 g/mol. The fourth-order valence-electron chi connectivity index (χ4n) is 3.17. The molecule has 1 aliphatic heterocycles. The van der Waals surface area contributed by atoms with E-state index in [0.717, 1.165) is 49.9 Å². The average Bonchev–Trinajstić information content (AvgIpc) is 2.69. The topological polar surface area (TPSA) is 58.1 Å². The molecular formula is C20H26N4O. The van der Waals surface area contributed by atoms with Crippen LogP contribution in [0.3, 0.4) is 0 Å². The van der Waals surface area contributed by atoms with Crippen LogP contribution in [0.1, 0.15) is 32.6 Å². The number of aromatic nitrogens is 2. The van der Waals surface area contributed by atoms with E-state index in [2.05, 4.69) is 39.2 Å². The zero-order chi connectivity index (χ0) is 17.5. The number of carbonyl (C=O) groups is 1. The lowest BCUT2D eigenvalue weighted by Crippen LogP contribution is -2.43. The molecule has 1 amide bonds. The van der Waals surface area contributed by atoms with Crippen molar-refractivity contribution in [3.8, 4) is 11.1 Å². The number of rotatable bonds is 6. The van der Waals surface area contributed by atoms with Gasteiger partial charge >= 0.3 is 0 Å². The molecule has 1 aromatic carbocycles. The van der Waals surface area contributed by atoms with E-state index in [1.165, 1.54) is 0 Å². The first-order valence-electron chi connectivity index (χ1n) is 9.18. The Morgan fingerprint density at radius 1 is 1.20 bits per heavy atom. The number of unbranched alkanes of at least 4 members (excludes halogenated alkanes) is 1. The first-order chi connectivity index (χ1) is 12.3. The Bertz CT molecular complexity index is 672. The molecule has 5 nitrogen and oxygen atoms in total. The Hall–Kier alpha value is -2.43. The number of benzene rings is 1. The third-order valence-corrected chi connectivity index (χ3v) is 4.65. The molecule has 2 heterocycles. The van der Waals surface area contributed by atoms with Gasteiger partial charge in [0.05, 0.1) is 5.92 Å². The number of hydrogen-bond donors (Lipinski definition) is 1. The molecule has 1 N–H and O–H groups in total. The minimum Gasteiger partial charge on any atom is -0.356 e. The summed E-state index contributed by atoms with van der Waals surface area (Å²) in [5, 5.41) is 3.05. The van der Waals surface area contributed by atoms with Crippen molar-refractivity contribution in [2.75, 3.05) is 24.5 Å². The number of amides is 1. The third kappa shape index (κ3) is 4.56. The summed E-state index contributed by atoms with van der Waals surface area (Å²) in [7, 11) is 0. The molecule has 132 valence electrons. The quantitative estimate of drug-likeness (QED) is 0.821. The number of anilines is 1. The fourth-order valence-corrected chi connectivity index (χ4v) is 3.17. The van der Waals surface area contributed by atoms with Gasteiger partial charge in [-0.05, 0) is 24.8 Å². The lowest BCUT2D eigenvalue weighted by Gasteiger charge is -2.32. The van der Waals surface area contributed by atoms with Crippen molar-refractivity contribution in [3.63, 3.8) is 0 Å². The Morgan fingerprint density at radius 2 is 1.96 bits per heavy atom. The van der Waals surface area contributed by atoms with Crippen molar-refractivity contribution in [1.82, 2.24) is 15.3 Å². The van der Waals surface area contributed by atoms with Crippen LogP contribution >= 0.6 is 0 Å². The van der Waals surface area contributed by atoms with Gasteiger partial charge in [-0.2, -0.15) is 0 Å². The first kappa shape index (κ1) is 17.4. The van der Waals surface area contributed by atoms with Gasteiger partial charge in [0.25, 0.3) is 0 Å². The normalized spacial score (nSPS) is 17.3. The maximum absolute atomic E-state index is 12.3. The maximum Gasteiger partial charge on any atom is 0.225 e. The number of carbonyl (C=O) groups excluding carboxylic acids is 1. The molecule has 2 aromatic rings. The monoisotopic (exact) mass is 338 g/mol. The van der Waals surface area contributed by atoms with Gasteiger partial charge in [0.15, 0.2) is 0 Å². The third-order valence-electron chi connectivity index (χ3n) is 4.65. The van der Waals surface area contributed by atoms with Crippen molar-refractivity contribution in [3.05, 3.63) is 42.7 Å². The van der Waals surface area contributed by atoms with Gasteiger partial charge < -0.3 is 10.2 Å². The molecular weight excluding hydrogens is 312 g/mol. The Labute approximate surface area is 149 Å². The van der Waals surface area contributed by atoms with Crippen molar-refractivity contribution in [1.29, 1.82) is 0 Å². The van der Waals surface area contributed by atoms with Crippen molar-refractivity contribution >= 4 is 11.9 Å². The highest BCUT2D eigenvalue weighted by molar-refractivity contribution is 5.79. The molecule has 1 atom stereocenters. The highest BCUT2D eigenvalue weighted by atomic mass is 16.1. The second-order valence-electron chi connectivity index (χ2n) is 6.57. The Balaban J connectivity index is 1.62. The van der Waals surface area contributed by atoms with Gasteiger partial charge in [-0.15, -0.1) is 0 Å². The van der Waals surface area contributed by atoms with Crippen molar-refractivity contribution < 1.29 is 4.79 Å². The first-order valence-corrected chi connectivity index (χ1v) is 9.18. The van der Waals surface area contributed by atoms with Gasteiger partial charge in [0.2, 0.25) is 11.9 Å². The zero-order valence-corrected chi connectivity index (χ0v) is 14.8. The van der Waals surface area contributed by atoms with Gasteiger partial charge in [-0.1, -0.05) is 43.7 Å². The van der Waals surface area contributed by atoms with Crippen molar-refractivity contribution in [2.24, 2.45) is 5.92 Å². The summed E-state index contributed by atoms with van der Waals surface area (Å²) >= 11 is 0. The summed E-state index contributed by atoms with van der Waals surface area (Å²) in [6.45, 7) is 4.51. The molecule has 25 heavy (non-hydrogen) atoms. The van der Waals surface area contributed by atoms with Crippen LogP contribution in [0.2, 0.25) is 0 Å². The van der Waals surface area contributed by atoms with Crippen LogP contribution in [0, 0.1) is 5.92 Å². The molecule has 0 aliphatic carbocycles. The Kier molecular flexibility index (Phi) is 5.99. The summed E-state index contributed by atoms with van der Waals surface area (Å²) in [6.07, 6.45) is 7.79. The van der Waals surface area contributed by atoms with E-state index in [9.17, 15) is 4.79 Å². The lowest BCUT2D eigenvalue weighted by molar-refractivity contribution is -0.125. The SMILES string of the molecule is CCCCNC(=O)[C@H]1CCCN(c2ncc(-c3ccccc3)cn2)C1. The summed E-state index contributed by atoms with van der Waals surface area (Å²) in [4.78, 5) is 23.5. The van der Waals surface area contributed by atoms with E-state index in [-0.39, 0.29) is 11.8 Å². The standard InChI is InChI=1S/C20H26N4O/c1-2-3-11-21-19(25)17-10-7-12-24(15-17)20-22-13-18(14-23-20)16-8-5-4-6-9-16/h4-6,8-9,13-14,17H,2-3,7,10-12,15H2,1H3,(H,21,25)/t17-/m0/s1. The number of hydrogen-bond acceptors (Lipinski definition) is 4. The summed E-state index contributed by atoms with van der Waals surface area (Å²) in [5.41, 5.74) is 2.12. The highest BCUT2D eigenvalue weighted by Crippen LogP contribution is 2.22. The molecule has 0 saturated carbocycles. The van der Waals surface area contributed by atoms with Crippen LogP contribution in [0.4, 0.5) is 5.95 Å². The largest absolute Gasteiger partial charge is 0.356 e. The molecule has 3 rings (SSSR count).